The van der Waals surface area contributed by atoms with E-state index in [1.54, 1.807) is 0 Å². The third-order valence-electron chi connectivity index (χ3n) is 5.25. The van der Waals surface area contributed by atoms with E-state index in [4.69, 9.17) is 5.11 Å². The third-order valence-corrected chi connectivity index (χ3v) is 5.25. The van der Waals surface area contributed by atoms with Gasteiger partial charge in [0.1, 0.15) is 0 Å². The summed E-state index contributed by atoms with van der Waals surface area (Å²) in [6.45, 7) is 4.07. The van der Waals surface area contributed by atoms with Gasteiger partial charge in [-0.05, 0) is 41.8 Å². The largest absolute Gasteiger partial charge is 0.395 e. The number of hydrogen-bond donors (Lipinski definition) is 4. The maximum absolute atomic E-state index is 9.27. The molecule has 0 heterocycles. The highest BCUT2D eigenvalue weighted by molar-refractivity contribution is 5.50. The minimum Gasteiger partial charge on any atom is -0.395 e. The van der Waals surface area contributed by atoms with Crippen molar-refractivity contribution in [1.82, 2.24) is 0 Å². The molecule has 0 aliphatic heterocycles. The van der Waals surface area contributed by atoms with Gasteiger partial charge in [-0.2, -0.15) is 0 Å². The summed E-state index contributed by atoms with van der Waals surface area (Å²) in [6.07, 6.45) is 4.72. The summed E-state index contributed by atoms with van der Waals surface area (Å²) in [5.74, 6) is 0.339. The van der Waals surface area contributed by atoms with E-state index in [1.165, 1.54) is 30.4 Å². The van der Waals surface area contributed by atoms with Crippen LogP contribution in [0.15, 0.2) is 48.5 Å². The molecule has 160 valence electrons. The van der Waals surface area contributed by atoms with E-state index < -0.39 is 0 Å². The molecule has 0 radical (unpaired) electrons. The first-order valence-corrected chi connectivity index (χ1v) is 10.7. The van der Waals surface area contributed by atoms with Gasteiger partial charge in [0, 0.05) is 36.9 Å². The normalized spacial score (nSPS) is 12.0. The molecule has 5 heteroatoms. The van der Waals surface area contributed by atoms with E-state index in [-0.39, 0.29) is 19.8 Å². The molecule has 2 rings (SSSR count). The van der Waals surface area contributed by atoms with E-state index in [0.29, 0.717) is 25.6 Å². The molecule has 5 nitrogen and oxygen atoms in total. The van der Waals surface area contributed by atoms with Crippen molar-refractivity contribution in [3.05, 3.63) is 59.7 Å². The Kier molecular flexibility index (Phi) is 10.6. The van der Waals surface area contributed by atoms with Crippen LogP contribution in [0.5, 0.6) is 0 Å². The maximum atomic E-state index is 9.27. The zero-order chi connectivity index (χ0) is 20.9. The molecule has 0 aliphatic carbocycles. The minimum atomic E-state index is 0.0675. The van der Waals surface area contributed by atoms with Crippen molar-refractivity contribution in [2.45, 2.75) is 38.5 Å². The summed E-state index contributed by atoms with van der Waals surface area (Å²) in [7, 11) is 0. The lowest BCUT2D eigenvalue weighted by molar-refractivity contribution is 0.281. The molecule has 29 heavy (non-hydrogen) atoms. The van der Waals surface area contributed by atoms with Gasteiger partial charge in [-0.15, -0.1) is 0 Å². The van der Waals surface area contributed by atoms with Crippen LogP contribution >= 0.6 is 0 Å². The fourth-order valence-electron chi connectivity index (χ4n) is 3.69. The van der Waals surface area contributed by atoms with Crippen LogP contribution < -0.4 is 10.2 Å². The molecule has 0 fully saturated rings. The molecule has 1 atom stereocenters. The Hall–Kier alpha value is -2.08. The second-order valence-corrected chi connectivity index (χ2v) is 7.35. The van der Waals surface area contributed by atoms with Gasteiger partial charge in [0.05, 0.1) is 19.8 Å². The van der Waals surface area contributed by atoms with E-state index in [0.717, 1.165) is 17.8 Å². The Morgan fingerprint density at radius 1 is 0.793 bits per heavy atom. The molecule has 0 saturated heterocycles. The van der Waals surface area contributed by atoms with E-state index in [1.807, 2.05) is 4.90 Å². The van der Waals surface area contributed by atoms with Crippen LogP contribution in [0.25, 0.3) is 0 Å². The number of benzene rings is 2. The molecule has 4 N–H and O–H groups in total. The number of unbranched alkanes of at least 4 members (excludes halogenated alkanes) is 2. The molecule has 0 aromatic heterocycles. The van der Waals surface area contributed by atoms with Crippen molar-refractivity contribution >= 4 is 11.4 Å². The molecule has 0 aliphatic rings. The number of aliphatic hydroxyl groups is 3. The average Bonchev–Trinajstić information content (AvgIpc) is 2.76. The van der Waals surface area contributed by atoms with E-state index >= 15 is 0 Å². The van der Waals surface area contributed by atoms with Gasteiger partial charge < -0.3 is 25.5 Å². The predicted molar refractivity (Wildman–Crippen MR) is 121 cm³/mol. The van der Waals surface area contributed by atoms with Gasteiger partial charge in [-0.1, -0.05) is 50.5 Å². The highest BCUT2D eigenvalue weighted by Crippen LogP contribution is 2.32. The molecule has 2 aromatic carbocycles. The molecule has 2 aromatic rings. The van der Waals surface area contributed by atoms with Gasteiger partial charge >= 0.3 is 0 Å². The molecule has 0 bridgehead atoms. The Labute approximate surface area is 175 Å². The fourth-order valence-corrected chi connectivity index (χ4v) is 3.69. The van der Waals surface area contributed by atoms with Crippen molar-refractivity contribution in [3.63, 3.8) is 0 Å². The first-order chi connectivity index (χ1) is 14.2. The Bertz CT molecular complexity index is 668. The summed E-state index contributed by atoms with van der Waals surface area (Å²) in [5.41, 5.74) is 4.63. The number of hydrogen-bond acceptors (Lipinski definition) is 5. The molecule has 0 spiro atoms. The Morgan fingerprint density at radius 2 is 1.38 bits per heavy atom. The van der Waals surface area contributed by atoms with E-state index in [2.05, 4.69) is 60.8 Å². The molecule has 0 saturated carbocycles. The summed E-state index contributed by atoms with van der Waals surface area (Å²) in [6, 6.07) is 17.0. The summed E-state index contributed by atoms with van der Waals surface area (Å²) >= 11 is 0. The SMILES string of the molecule is CCCCCC(c1ccc(NCCO)cc1)c1ccc(N(CCO)CCO)cc1. The van der Waals surface area contributed by atoms with Crippen LogP contribution in [-0.4, -0.2) is 54.8 Å². The zero-order valence-electron chi connectivity index (χ0n) is 17.6. The molecular weight excluding hydrogens is 364 g/mol. The maximum Gasteiger partial charge on any atom is 0.0606 e. The second kappa shape index (κ2) is 13.2. The highest BCUT2D eigenvalue weighted by Gasteiger charge is 2.15. The monoisotopic (exact) mass is 400 g/mol. The number of nitrogens with zero attached hydrogens (tertiary/aromatic N) is 1. The van der Waals surface area contributed by atoms with Crippen LogP contribution in [0.1, 0.15) is 49.7 Å². The molecule has 1 unspecified atom stereocenters. The van der Waals surface area contributed by atoms with Crippen molar-refractivity contribution in [1.29, 1.82) is 0 Å². The summed E-state index contributed by atoms with van der Waals surface area (Å²) in [4.78, 5) is 2.00. The Morgan fingerprint density at radius 3 is 1.90 bits per heavy atom. The quantitative estimate of drug-likeness (QED) is 0.365. The van der Waals surface area contributed by atoms with Crippen LogP contribution in [0.3, 0.4) is 0 Å². The van der Waals surface area contributed by atoms with Gasteiger partial charge in [-0.25, -0.2) is 0 Å². The van der Waals surface area contributed by atoms with Crippen LogP contribution in [0, 0.1) is 0 Å². The van der Waals surface area contributed by atoms with Gasteiger partial charge in [0.25, 0.3) is 0 Å². The van der Waals surface area contributed by atoms with Crippen molar-refractivity contribution in [2.75, 3.05) is 49.7 Å². The number of anilines is 2. The fraction of sp³-hybridized carbons (Fsp3) is 0.500. The Balaban J connectivity index is 2.20. The first-order valence-electron chi connectivity index (χ1n) is 10.7. The highest BCUT2D eigenvalue weighted by atomic mass is 16.3. The summed E-state index contributed by atoms with van der Waals surface area (Å²) in [5, 5.41) is 30.7. The zero-order valence-corrected chi connectivity index (χ0v) is 17.6. The number of aliphatic hydroxyl groups excluding tert-OH is 3. The van der Waals surface area contributed by atoms with Gasteiger partial charge in [-0.3, -0.25) is 0 Å². The second-order valence-electron chi connectivity index (χ2n) is 7.35. The van der Waals surface area contributed by atoms with Crippen molar-refractivity contribution in [3.8, 4) is 0 Å². The van der Waals surface area contributed by atoms with Crippen molar-refractivity contribution < 1.29 is 15.3 Å². The van der Waals surface area contributed by atoms with Crippen LogP contribution in [-0.2, 0) is 0 Å². The third kappa shape index (κ3) is 7.35. The first kappa shape index (κ1) is 23.2. The summed E-state index contributed by atoms with van der Waals surface area (Å²) < 4.78 is 0. The van der Waals surface area contributed by atoms with Crippen molar-refractivity contribution in [2.24, 2.45) is 0 Å². The predicted octanol–water partition coefficient (Wildman–Crippen LogP) is 3.59. The molecule has 0 amide bonds. The number of nitrogens with one attached hydrogen (secondary N) is 1. The molecular formula is C24H36N2O3. The topological polar surface area (TPSA) is 76.0 Å². The lowest BCUT2D eigenvalue weighted by atomic mass is 9.86. The van der Waals surface area contributed by atoms with Gasteiger partial charge in [0.2, 0.25) is 0 Å². The van der Waals surface area contributed by atoms with Crippen LogP contribution in [0.2, 0.25) is 0 Å². The van der Waals surface area contributed by atoms with Crippen LogP contribution in [0.4, 0.5) is 11.4 Å². The lowest BCUT2D eigenvalue weighted by Gasteiger charge is -2.24. The van der Waals surface area contributed by atoms with Gasteiger partial charge in [0.15, 0.2) is 0 Å². The standard InChI is InChI=1S/C24H36N2O3/c1-2-3-4-5-24(20-6-10-22(11-7-20)25-14-17-27)21-8-12-23(13-9-21)26(15-18-28)16-19-29/h6-13,24-25,27-29H,2-5,14-19H2,1H3. The average molecular weight is 401 g/mol. The number of rotatable bonds is 14. The minimum absolute atomic E-state index is 0.0675. The smallest absolute Gasteiger partial charge is 0.0606 e. The van der Waals surface area contributed by atoms with E-state index in [9.17, 15) is 10.2 Å². The lowest BCUT2D eigenvalue weighted by Crippen LogP contribution is -2.29.